The Kier molecular flexibility index (Phi) is 2.53. The molecule has 1 aromatic rings. The molecule has 0 bridgehead atoms. The van der Waals surface area contributed by atoms with Gasteiger partial charge in [0, 0.05) is 11.2 Å². The van der Waals surface area contributed by atoms with Crippen molar-refractivity contribution in [1.82, 2.24) is 0 Å². The van der Waals surface area contributed by atoms with Gasteiger partial charge in [0.05, 0.1) is 14.2 Å². The lowest BCUT2D eigenvalue weighted by Gasteiger charge is -2.01. The Morgan fingerprint density at radius 2 is 2.17 bits per heavy atom. The Bertz CT molecular complexity index is 402. The lowest BCUT2D eigenvalue weighted by atomic mass is 10.3. The van der Waals surface area contributed by atoms with E-state index in [2.05, 4.69) is 15.9 Å². The second-order valence-corrected chi connectivity index (χ2v) is 5.43. The number of hydrogen-bond acceptors (Lipinski definition) is 2. The zero-order valence-corrected chi connectivity index (χ0v) is 8.71. The number of hydrogen-bond donors (Lipinski definition) is 1. The van der Waals surface area contributed by atoms with E-state index in [1.807, 2.05) is 0 Å². The topological polar surface area (TPSA) is 40.9 Å². The zero-order chi connectivity index (χ0) is 9.35. The van der Waals surface area contributed by atoms with Gasteiger partial charge in [0.25, 0.3) is 0 Å². The fourth-order valence-corrected chi connectivity index (χ4v) is 1.62. The number of halogens is 2. The number of benzene rings is 1. The van der Waals surface area contributed by atoms with Crippen molar-refractivity contribution in [3.8, 4) is 0 Å². The van der Waals surface area contributed by atoms with Gasteiger partial charge in [-0.25, -0.2) is 13.4 Å². The summed E-state index contributed by atoms with van der Waals surface area (Å²) in [5, 5.41) is 0. The first-order valence-electron chi connectivity index (χ1n) is 3.10. The fraction of sp³-hybridized carbons (Fsp3) is 0.143. The maximum atomic E-state index is 12.9. The van der Waals surface area contributed by atoms with Crippen molar-refractivity contribution in [2.75, 3.05) is 6.26 Å². The molecule has 0 aliphatic rings. The molecule has 0 saturated carbocycles. The highest BCUT2D eigenvalue weighted by Crippen LogP contribution is 2.19. The minimum atomic E-state index is -2.80. The summed E-state index contributed by atoms with van der Waals surface area (Å²) in [7, 11) is -2.80. The van der Waals surface area contributed by atoms with E-state index in [0.717, 1.165) is 6.07 Å². The van der Waals surface area contributed by atoms with Crippen LogP contribution in [0, 0.1) is 10.6 Å². The van der Waals surface area contributed by atoms with Gasteiger partial charge in [-0.2, -0.15) is 0 Å². The van der Waals surface area contributed by atoms with E-state index in [1.165, 1.54) is 18.4 Å². The molecule has 0 aliphatic heterocycles. The van der Waals surface area contributed by atoms with Crippen molar-refractivity contribution >= 4 is 25.7 Å². The molecule has 0 radical (unpaired) electrons. The van der Waals surface area contributed by atoms with Gasteiger partial charge in [0.2, 0.25) is 0 Å². The molecule has 5 heteroatoms. The second kappa shape index (κ2) is 3.14. The van der Waals surface area contributed by atoms with Gasteiger partial charge in [-0.1, -0.05) is 0 Å². The highest BCUT2D eigenvalue weighted by atomic mass is 79.9. The van der Waals surface area contributed by atoms with Gasteiger partial charge in [0.1, 0.15) is 5.82 Å². The summed E-state index contributed by atoms with van der Waals surface area (Å²) in [6, 6.07) is 4.03. The Labute approximate surface area is 78.9 Å². The van der Waals surface area contributed by atoms with Crippen molar-refractivity contribution in [3.63, 3.8) is 0 Å². The van der Waals surface area contributed by atoms with E-state index in [0.29, 0.717) is 4.47 Å². The van der Waals surface area contributed by atoms with Crippen LogP contribution in [0.5, 0.6) is 0 Å². The first-order valence-corrected chi connectivity index (χ1v) is 5.86. The molecule has 0 saturated heterocycles. The summed E-state index contributed by atoms with van der Waals surface area (Å²) in [6.07, 6.45) is 1.26. The van der Waals surface area contributed by atoms with Crippen LogP contribution in [-0.2, 0) is 9.73 Å². The van der Waals surface area contributed by atoms with Crippen LogP contribution in [0.1, 0.15) is 0 Å². The molecule has 1 N–H and O–H groups in total. The Morgan fingerprint density at radius 3 is 2.58 bits per heavy atom. The van der Waals surface area contributed by atoms with E-state index in [1.54, 1.807) is 0 Å². The monoisotopic (exact) mass is 251 g/mol. The normalized spacial score (nSPS) is 15.6. The molecule has 1 aromatic carbocycles. The summed E-state index contributed by atoms with van der Waals surface area (Å²) in [4.78, 5) is 0.211. The molecule has 0 heterocycles. The molecule has 12 heavy (non-hydrogen) atoms. The minimum Gasteiger partial charge on any atom is -0.249 e. The Morgan fingerprint density at radius 1 is 1.58 bits per heavy atom. The van der Waals surface area contributed by atoms with Crippen LogP contribution in [0.3, 0.4) is 0 Å². The molecular weight excluding hydrogens is 245 g/mol. The van der Waals surface area contributed by atoms with Crippen LogP contribution in [-0.4, -0.2) is 10.5 Å². The molecule has 1 rings (SSSR count). The highest BCUT2D eigenvalue weighted by Gasteiger charge is 2.06. The molecule has 66 valence electrons. The average molecular weight is 252 g/mol. The van der Waals surface area contributed by atoms with Crippen molar-refractivity contribution < 1.29 is 8.60 Å². The fourth-order valence-electron chi connectivity index (χ4n) is 0.719. The van der Waals surface area contributed by atoms with Crippen molar-refractivity contribution in [2.24, 2.45) is 0 Å². The summed E-state index contributed by atoms with van der Waals surface area (Å²) >= 11 is 2.97. The number of nitrogens with one attached hydrogen (secondary N) is 1. The van der Waals surface area contributed by atoms with Gasteiger partial charge in [-0.3, -0.25) is 0 Å². The van der Waals surface area contributed by atoms with Crippen molar-refractivity contribution in [3.05, 3.63) is 28.5 Å². The highest BCUT2D eigenvalue weighted by molar-refractivity contribution is 9.10. The molecule has 0 aromatic heterocycles. The first-order chi connectivity index (χ1) is 5.41. The molecule has 2 nitrogen and oxygen atoms in total. The third kappa shape index (κ3) is 2.04. The smallest absolute Gasteiger partial charge is 0.138 e. The van der Waals surface area contributed by atoms with Crippen LogP contribution >= 0.6 is 15.9 Å². The van der Waals surface area contributed by atoms with Gasteiger partial charge in [0.15, 0.2) is 0 Å². The molecule has 1 atom stereocenters. The van der Waals surface area contributed by atoms with Crippen LogP contribution in [0.2, 0.25) is 0 Å². The van der Waals surface area contributed by atoms with Gasteiger partial charge in [-0.05, 0) is 34.1 Å². The van der Waals surface area contributed by atoms with Gasteiger partial charge in [-0.15, -0.1) is 0 Å². The van der Waals surface area contributed by atoms with Gasteiger partial charge < -0.3 is 0 Å². The molecule has 0 spiro atoms. The second-order valence-electron chi connectivity index (χ2n) is 2.42. The van der Waals surface area contributed by atoms with Crippen molar-refractivity contribution in [2.45, 2.75) is 4.90 Å². The quantitative estimate of drug-likeness (QED) is 0.820. The maximum Gasteiger partial charge on any atom is 0.138 e. The molecule has 0 aliphatic carbocycles. The average Bonchev–Trinajstić information content (AvgIpc) is 1.92. The van der Waals surface area contributed by atoms with E-state index < -0.39 is 15.5 Å². The summed E-state index contributed by atoms with van der Waals surface area (Å²) in [6.45, 7) is 0. The standard InChI is InChI=1S/C7H7BrFNOS/c1-12(10,11)5-2-3-6(8)7(9)4-5/h2-4,10H,1H3. The SMILES string of the molecule is CS(=N)(=O)c1ccc(Br)c(F)c1. The third-order valence-corrected chi connectivity index (χ3v) is 3.14. The largest absolute Gasteiger partial charge is 0.249 e. The summed E-state index contributed by atoms with van der Waals surface area (Å²) in [5.74, 6) is -0.491. The molecule has 0 amide bonds. The maximum absolute atomic E-state index is 12.9. The third-order valence-electron chi connectivity index (χ3n) is 1.34. The van der Waals surface area contributed by atoms with Crippen molar-refractivity contribution in [1.29, 1.82) is 4.78 Å². The Hall–Kier alpha value is -0.420. The number of rotatable bonds is 1. The molecular formula is C7H7BrFNOS. The van der Waals surface area contributed by atoms with Crippen LogP contribution in [0.4, 0.5) is 4.39 Å². The first kappa shape index (κ1) is 9.67. The minimum absolute atomic E-state index is 0.211. The predicted molar refractivity (Wildman–Crippen MR) is 49.2 cm³/mol. The van der Waals surface area contributed by atoms with Crippen LogP contribution in [0.15, 0.2) is 27.6 Å². The lowest BCUT2D eigenvalue weighted by Crippen LogP contribution is -1.95. The zero-order valence-electron chi connectivity index (χ0n) is 6.30. The lowest BCUT2D eigenvalue weighted by molar-refractivity contribution is 0.615. The van der Waals surface area contributed by atoms with Crippen LogP contribution in [0.25, 0.3) is 0 Å². The van der Waals surface area contributed by atoms with Gasteiger partial charge >= 0.3 is 0 Å². The van der Waals surface area contributed by atoms with E-state index in [-0.39, 0.29) is 4.90 Å². The summed E-state index contributed by atoms with van der Waals surface area (Å²) < 4.78 is 31.5. The van der Waals surface area contributed by atoms with Crippen LogP contribution < -0.4 is 0 Å². The van der Waals surface area contributed by atoms with E-state index in [9.17, 15) is 8.60 Å². The molecule has 1 unspecified atom stereocenters. The van der Waals surface area contributed by atoms with E-state index >= 15 is 0 Å². The summed E-state index contributed by atoms with van der Waals surface area (Å²) in [5.41, 5.74) is 0. The Balaban J connectivity index is 3.33. The molecule has 0 fully saturated rings. The predicted octanol–water partition coefficient (Wildman–Crippen LogP) is 2.62. The van der Waals surface area contributed by atoms with E-state index in [4.69, 9.17) is 4.78 Å².